The van der Waals surface area contributed by atoms with E-state index in [-0.39, 0.29) is 0 Å². The molecule has 0 amide bonds. The van der Waals surface area contributed by atoms with Gasteiger partial charge < -0.3 is 0 Å². The van der Waals surface area contributed by atoms with E-state index in [0.717, 1.165) is 5.69 Å². The van der Waals surface area contributed by atoms with Gasteiger partial charge in [0, 0.05) is 11.9 Å². The molecule has 2 heterocycles. The van der Waals surface area contributed by atoms with Crippen LogP contribution in [0.5, 0.6) is 0 Å². The number of hydrogen-bond acceptors (Lipinski definition) is 6. The summed E-state index contributed by atoms with van der Waals surface area (Å²) in [6.45, 7) is 1.90. The van der Waals surface area contributed by atoms with Crippen LogP contribution in [0.2, 0.25) is 0 Å². The molecule has 2 aromatic rings. The van der Waals surface area contributed by atoms with Gasteiger partial charge in [0.1, 0.15) is 0 Å². The van der Waals surface area contributed by atoms with Gasteiger partial charge in [0.05, 0.1) is 0 Å². The smallest absolute Gasteiger partial charge is 0.231 e. The van der Waals surface area contributed by atoms with Crippen LogP contribution in [0.1, 0.15) is 5.69 Å². The number of nitrogens with one attached hydrogen (secondary N) is 1. The first-order chi connectivity index (χ1) is 6.34. The molecule has 2 aromatic heterocycles. The molecule has 0 aliphatic rings. The van der Waals surface area contributed by atoms with Crippen LogP contribution in [0.15, 0.2) is 22.6 Å². The van der Waals surface area contributed by atoms with Gasteiger partial charge in [-0.25, -0.2) is 9.97 Å². The Hall–Kier alpha value is -1.50. The Labute approximate surface area is 78.2 Å². The second-order valence-corrected chi connectivity index (χ2v) is 3.21. The van der Waals surface area contributed by atoms with Gasteiger partial charge in [-0.15, -0.1) is 10.2 Å². The monoisotopic (exact) mass is 194 g/mol. The molecular weight excluding hydrogens is 188 g/mol. The zero-order chi connectivity index (χ0) is 9.10. The van der Waals surface area contributed by atoms with Gasteiger partial charge in [-0.05, 0) is 30.0 Å². The second kappa shape index (κ2) is 3.48. The van der Waals surface area contributed by atoms with Gasteiger partial charge >= 0.3 is 0 Å². The van der Waals surface area contributed by atoms with Crippen LogP contribution < -0.4 is 0 Å². The van der Waals surface area contributed by atoms with E-state index in [1.807, 2.05) is 13.0 Å². The molecule has 0 radical (unpaired) electrons. The van der Waals surface area contributed by atoms with Crippen LogP contribution in [0.3, 0.4) is 0 Å². The van der Waals surface area contributed by atoms with E-state index < -0.39 is 0 Å². The van der Waals surface area contributed by atoms with E-state index in [0.29, 0.717) is 10.3 Å². The molecule has 0 aliphatic carbocycles. The molecule has 1 N–H and O–H groups in total. The number of tetrazole rings is 1. The number of H-pyrrole nitrogens is 1. The fourth-order valence-electron chi connectivity index (χ4n) is 0.753. The lowest BCUT2D eigenvalue weighted by Gasteiger charge is -1.94. The van der Waals surface area contributed by atoms with E-state index in [9.17, 15) is 0 Å². The molecule has 0 aromatic carbocycles. The summed E-state index contributed by atoms with van der Waals surface area (Å²) in [5.74, 6) is 0. The fourth-order valence-corrected chi connectivity index (χ4v) is 1.39. The summed E-state index contributed by atoms with van der Waals surface area (Å²) in [5, 5.41) is 14.5. The summed E-state index contributed by atoms with van der Waals surface area (Å²) in [6.07, 6.45) is 1.70. The highest BCUT2D eigenvalue weighted by Crippen LogP contribution is 2.18. The van der Waals surface area contributed by atoms with Crippen LogP contribution in [0.4, 0.5) is 0 Å². The fraction of sp³-hybridized carbons (Fsp3) is 0.167. The lowest BCUT2D eigenvalue weighted by Crippen LogP contribution is -1.88. The van der Waals surface area contributed by atoms with E-state index >= 15 is 0 Å². The quantitative estimate of drug-likeness (QED) is 0.699. The van der Waals surface area contributed by atoms with Crippen molar-refractivity contribution in [2.75, 3.05) is 0 Å². The normalized spacial score (nSPS) is 10.2. The highest BCUT2D eigenvalue weighted by Gasteiger charge is 2.03. The second-order valence-electron chi connectivity index (χ2n) is 2.28. The van der Waals surface area contributed by atoms with Crippen LogP contribution in [-0.4, -0.2) is 30.6 Å². The first-order valence-electron chi connectivity index (χ1n) is 3.55. The predicted molar refractivity (Wildman–Crippen MR) is 45.1 cm³/mol. The van der Waals surface area contributed by atoms with Gasteiger partial charge in [0.15, 0.2) is 5.16 Å². The Morgan fingerprint density at radius 3 is 3.00 bits per heavy atom. The minimum atomic E-state index is 0.519. The minimum Gasteiger partial charge on any atom is -0.231 e. The summed E-state index contributed by atoms with van der Waals surface area (Å²) in [5.41, 5.74) is 0.918. The highest BCUT2D eigenvalue weighted by molar-refractivity contribution is 7.99. The third-order valence-corrected chi connectivity index (χ3v) is 2.02. The molecule has 0 spiro atoms. The Morgan fingerprint density at radius 2 is 2.31 bits per heavy atom. The van der Waals surface area contributed by atoms with Crippen molar-refractivity contribution in [2.45, 2.75) is 17.2 Å². The van der Waals surface area contributed by atoms with Crippen molar-refractivity contribution in [1.82, 2.24) is 30.6 Å². The summed E-state index contributed by atoms with van der Waals surface area (Å²) in [7, 11) is 0. The first-order valence-corrected chi connectivity index (χ1v) is 4.37. The molecule has 0 bridgehead atoms. The molecule has 0 fully saturated rings. The molecule has 0 aliphatic heterocycles. The maximum Gasteiger partial charge on any atom is 0.238 e. The van der Waals surface area contributed by atoms with Crippen molar-refractivity contribution in [3.8, 4) is 0 Å². The molecule has 66 valence electrons. The van der Waals surface area contributed by atoms with Crippen molar-refractivity contribution in [2.24, 2.45) is 0 Å². The summed E-state index contributed by atoms with van der Waals surface area (Å²) >= 11 is 1.27. The van der Waals surface area contributed by atoms with Crippen molar-refractivity contribution in [1.29, 1.82) is 0 Å². The third kappa shape index (κ3) is 2.00. The number of nitrogens with zero attached hydrogens (tertiary/aromatic N) is 5. The van der Waals surface area contributed by atoms with Crippen molar-refractivity contribution >= 4 is 11.8 Å². The molecule has 13 heavy (non-hydrogen) atoms. The molecular formula is C6H6N6S. The Kier molecular flexibility index (Phi) is 2.17. The molecule has 0 saturated carbocycles. The van der Waals surface area contributed by atoms with Gasteiger partial charge in [-0.2, -0.15) is 5.21 Å². The maximum absolute atomic E-state index is 4.18. The Bertz CT molecular complexity index is 386. The standard InChI is InChI=1S/C6H6N6S/c1-4-2-3-7-5(8-4)13-6-9-11-12-10-6/h2-3H,1H3,(H,9,10,11,12). The van der Waals surface area contributed by atoms with Gasteiger partial charge in [-0.1, -0.05) is 0 Å². The number of hydrogen-bond donors (Lipinski definition) is 1. The number of rotatable bonds is 2. The number of aromatic amines is 1. The molecule has 0 saturated heterocycles. The molecule has 2 rings (SSSR count). The van der Waals surface area contributed by atoms with Crippen LogP contribution in [0.25, 0.3) is 0 Å². The SMILES string of the molecule is Cc1ccnc(Sc2nn[nH]n2)n1. The van der Waals surface area contributed by atoms with E-state index in [2.05, 4.69) is 30.6 Å². The van der Waals surface area contributed by atoms with Crippen LogP contribution in [0, 0.1) is 6.92 Å². The Morgan fingerprint density at radius 1 is 1.38 bits per heavy atom. The Balaban J connectivity index is 2.19. The first kappa shape index (κ1) is 8.11. The lowest BCUT2D eigenvalue weighted by molar-refractivity contribution is 0.881. The zero-order valence-corrected chi connectivity index (χ0v) is 7.62. The predicted octanol–water partition coefficient (Wildman–Crippen LogP) is 0.449. The van der Waals surface area contributed by atoms with E-state index in [1.54, 1.807) is 6.20 Å². The molecule has 0 unspecified atom stereocenters. The summed E-state index contributed by atoms with van der Waals surface area (Å²) < 4.78 is 0. The average molecular weight is 194 g/mol. The van der Waals surface area contributed by atoms with Crippen molar-refractivity contribution in [3.05, 3.63) is 18.0 Å². The van der Waals surface area contributed by atoms with Crippen LogP contribution >= 0.6 is 11.8 Å². The maximum atomic E-state index is 4.18. The largest absolute Gasteiger partial charge is 0.238 e. The molecule has 0 atom stereocenters. The van der Waals surface area contributed by atoms with Gasteiger partial charge in [-0.3, -0.25) is 0 Å². The minimum absolute atomic E-state index is 0.519. The topological polar surface area (TPSA) is 80.2 Å². The highest BCUT2D eigenvalue weighted by atomic mass is 32.2. The number of aromatic nitrogens is 6. The van der Waals surface area contributed by atoms with Gasteiger partial charge in [0.25, 0.3) is 0 Å². The van der Waals surface area contributed by atoms with Gasteiger partial charge in [0.2, 0.25) is 5.16 Å². The third-order valence-electron chi connectivity index (χ3n) is 1.28. The van der Waals surface area contributed by atoms with Crippen molar-refractivity contribution in [3.63, 3.8) is 0 Å². The van der Waals surface area contributed by atoms with E-state index in [4.69, 9.17) is 0 Å². The average Bonchev–Trinajstić information content (AvgIpc) is 2.57. The molecule has 7 heteroatoms. The van der Waals surface area contributed by atoms with Crippen LogP contribution in [-0.2, 0) is 0 Å². The summed E-state index contributed by atoms with van der Waals surface area (Å²) in [4.78, 5) is 8.22. The van der Waals surface area contributed by atoms with E-state index in [1.165, 1.54) is 11.8 Å². The zero-order valence-electron chi connectivity index (χ0n) is 6.80. The molecule has 6 nitrogen and oxygen atoms in total. The number of aryl methyl sites for hydroxylation is 1. The lowest BCUT2D eigenvalue weighted by atomic mass is 10.5. The summed E-state index contributed by atoms with van der Waals surface area (Å²) in [6, 6.07) is 1.83. The van der Waals surface area contributed by atoms with Crippen molar-refractivity contribution < 1.29 is 0 Å².